The number of anilines is 1. The van der Waals surface area contributed by atoms with E-state index in [0.29, 0.717) is 17.0 Å². The van der Waals surface area contributed by atoms with Crippen LogP contribution in [0.4, 0.5) is 10.1 Å². The van der Waals surface area contributed by atoms with E-state index in [1.54, 1.807) is 30.3 Å². The molecule has 7 heteroatoms. The first-order chi connectivity index (χ1) is 13.3. The first-order valence-corrected chi connectivity index (χ1v) is 11.2. The summed E-state index contributed by atoms with van der Waals surface area (Å²) in [4.78, 5) is 14.5. The average molecular weight is 405 g/mol. The van der Waals surface area contributed by atoms with E-state index in [-0.39, 0.29) is 18.1 Å². The van der Waals surface area contributed by atoms with Gasteiger partial charge in [0.1, 0.15) is 5.82 Å². The number of rotatable bonds is 5. The molecular formula is C21H25FN2O3S. The van der Waals surface area contributed by atoms with Crippen molar-refractivity contribution in [3.05, 3.63) is 65.5 Å². The van der Waals surface area contributed by atoms with Gasteiger partial charge in [-0.2, -0.15) is 0 Å². The van der Waals surface area contributed by atoms with Gasteiger partial charge in [-0.3, -0.25) is 9.10 Å². The van der Waals surface area contributed by atoms with Gasteiger partial charge in [-0.25, -0.2) is 12.8 Å². The molecule has 2 aromatic rings. The molecule has 0 unspecified atom stereocenters. The van der Waals surface area contributed by atoms with Crippen molar-refractivity contribution in [3.8, 4) is 0 Å². The molecule has 0 saturated carbocycles. The average Bonchev–Trinajstić information content (AvgIpc) is 2.66. The molecule has 150 valence electrons. The Morgan fingerprint density at radius 3 is 2.29 bits per heavy atom. The molecule has 1 fully saturated rings. The largest absolute Gasteiger partial charge is 0.339 e. The third-order valence-corrected chi connectivity index (χ3v) is 6.25. The molecule has 0 aliphatic carbocycles. The summed E-state index contributed by atoms with van der Waals surface area (Å²) in [7, 11) is -3.67. The Hall–Kier alpha value is -2.41. The maximum Gasteiger partial charge on any atom is 0.253 e. The van der Waals surface area contributed by atoms with Crippen LogP contribution in [0.5, 0.6) is 0 Å². The van der Waals surface area contributed by atoms with Crippen molar-refractivity contribution in [2.45, 2.75) is 26.3 Å². The molecule has 0 atom stereocenters. The second-order valence-corrected chi connectivity index (χ2v) is 9.30. The number of likely N-dealkylation sites (tertiary alicyclic amines) is 1. The molecule has 1 aliphatic heterocycles. The van der Waals surface area contributed by atoms with Crippen LogP contribution in [0.3, 0.4) is 0 Å². The summed E-state index contributed by atoms with van der Waals surface area (Å²) in [6.07, 6.45) is 3.07. The van der Waals surface area contributed by atoms with E-state index < -0.39 is 15.8 Å². The van der Waals surface area contributed by atoms with Crippen LogP contribution >= 0.6 is 0 Å². The molecule has 5 nitrogen and oxygen atoms in total. The van der Waals surface area contributed by atoms with Gasteiger partial charge in [0.05, 0.1) is 18.5 Å². The van der Waals surface area contributed by atoms with Crippen LogP contribution in [-0.2, 0) is 16.6 Å². The minimum atomic E-state index is -3.67. The van der Waals surface area contributed by atoms with Gasteiger partial charge in [0.2, 0.25) is 10.0 Å². The summed E-state index contributed by atoms with van der Waals surface area (Å²) >= 11 is 0. The minimum Gasteiger partial charge on any atom is -0.339 e. The third-order valence-electron chi connectivity index (χ3n) is 5.12. The number of carbonyl (C=O) groups excluding carboxylic acids is 1. The molecule has 0 spiro atoms. The lowest BCUT2D eigenvalue weighted by Crippen LogP contribution is -2.37. The van der Waals surface area contributed by atoms with Gasteiger partial charge in [-0.1, -0.05) is 31.2 Å². The molecule has 28 heavy (non-hydrogen) atoms. The van der Waals surface area contributed by atoms with E-state index >= 15 is 0 Å². The first-order valence-electron chi connectivity index (χ1n) is 9.36. The summed E-state index contributed by atoms with van der Waals surface area (Å²) in [6.45, 7) is 3.71. The topological polar surface area (TPSA) is 57.7 Å². The fourth-order valence-electron chi connectivity index (χ4n) is 3.35. The van der Waals surface area contributed by atoms with E-state index in [2.05, 4.69) is 6.92 Å². The van der Waals surface area contributed by atoms with Crippen molar-refractivity contribution >= 4 is 21.6 Å². The number of piperidine rings is 1. The Bertz CT molecular complexity index is 936. The highest BCUT2D eigenvalue weighted by Crippen LogP contribution is 2.24. The summed E-state index contributed by atoms with van der Waals surface area (Å²) in [5.41, 5.74) is 1.26. The van der Waals surface area contributed by atoms with Crippen molar-refractivity contribution in [2.24, 2.45) is 5.92 Å². The predicted molar refractivity (Wildman–Crippen MR) is 108 cm³/mol. The van der Waals surface area contributed by atoms with Gasteiger partial charge in [-0.05, 0) is 48.6 Å². The van der Waals surface area contributed by atoms with Crippen molar-refractivity contribution in [3.63, 3.8) is 0 Å². The molecule has 3 rings (SSSR count). The lowest BCUT2D eigenvalue weighted by molar-refractivity contribution is 0.0697. The standard InChI is InChI=1S/C21H25FN2O3S/c1-16-11-13-23(14-12-16)21(25)18-9-7-17(8-10-18)15-24(28(2,26)27)20-6-4-3-5-19(20)22/h3-10,16H,11-15H2,1-2H3. The highest BCUT2D eigenvalue weighted by molar-refractivity contribution is 7.92. The Balaban J connectivity index is 1.77. The molecule has 0 bridgehead atoms. The normalized spacial score (nSPS) is 15.5. The van der Waals surface area contributed by atoms with Crippen LogP contribution in [0.2, 0.25) is 0 Å². The lowest BCUT2D eigenvalue weighted by atomic mass is 9.98. The van der Waals surface area contributed by atoms with Crippen LogP contribution in [0.1, 0.15) is 35.7 Å². The molecule has 0 radical (unpaired) electrons. The van der Waals surface area contributed by atoms with Gasteiger partial charge >= 0.3 is 0 Å². The molecule has 0 aromatic heterocycles. The molecule has 0 N–H and O–H groups in total. The van der Waals surface area contributed by atoms with Gasteiger partial charge in [0.25, 0.3) is 5.91 Å². The Morgan fingerprint density at radius 1 is 1.11 bits per heavy atom. The zero-order valence-corrected chi connectivity index (χ0v) is 17.0. The summed E-state index contributed by atoms with van der Waals surface area (Å²) in [6, 6.07) is 12.6. The number of para-hydroxylation sites is 1. The predicted octanol–water partition coefficient (Wildman–Crippen LogP) is 3.66. The maximum absolute atomic E-state index is 14.1. The molecule has 1 amide bonds. The Labute approximate surface area is 165 Å². The van der Waals surface area contributed by atoms with Crippen LogP contribution in [0, 0.1) is 11.7 Å². The van der Waals surface area contributed by atoms with E-state index in [9.17, 15) is 17.6 Å². The van der Waals surface area contributed by atoms with Crippen molar-refractivity contribution in [1.82, 2.24) is 4.90 Å². The number of benzene rings is 2. The maximum atomic E-state index is 14.1. The summed E-state index contributed by atoms with van der Waals surface area (Å²) < 4.78 is 39.5. The fraction of sp³-hybridized carbons (Fsp3) is 0.381. The molecule has 2 aromatic carbocycles. The SMILES string of the molecule is CC1CCN(C(=O)c2ccc(CN(c3ccccc3F)S(C)(=O)=O)cc2)CC1. The molecular weight excluding hydrogens is 379 g/mol. The number of nitrogens with zero attached hydrogens (tertiary/aromatic N) is 2. The second-order valence-electron chi connectivity index (χ2n) is 7.39. The zero-order valence-electron chi connectivity index (χ0n) is 16.1. The van der Waals surface area contributed by atoms with E-state index in [0.717, 1.165) is 36.5 Å². The number of halogens is 1. The van der Waals surface area contributed by atoms with E-state index in [4.69, 9.17) is 0 Å². The van der Waals surface area contributed by atoms with Gasteiger partial charge in [0, 0.05) is 18.7 Å². The summed E-state index contributed by atoms with van der Waals surface area (Å²) in [5.74, 6) is 0.0401. The van der Waals surface area contributed by atoms with E-state index in [1.807, 2.05) is 4.90 Å². The fourth-order valence-corrected chi connectivity index (χ4v) is 4.24. The quantitative estimate of drug-likeness (QED) is 0.764. The van der Waals surface area contributed by atoms with Crippen molar-refractivity contribution < 1.29 is 17.6 Å². The number of hydrogen-bond acceptors (Lipinski definition) is 3. The van der Waals surface area contributed by atoms with Gasteiger partial charge < -0.3 is 4.90 Å². The summed E-state index contributed by atoms with van der Waals surface area (Å²) in [5, 5.41) is 0. The Morgan fingerprint density at radius 2 is 1.71 bits per heavy atom. The molecule has 1 heterocycles. The minimum absolute atomic E-state index is 0.00450. The zero-order chi connectivity index (χ0) is 20.3. The van der Waals surface area contributed by atoms with Crippen LogP contribution in [-0.4, -0.2) is 38.6 Å². The number of hydrogen-bond donors (Lipinski definition) is 0. The number of carbonyl (C=O) groups is 1. The second kappa shape index (κ2) is 8.31. The third kappa shape index (κ3) is 4.70. The van der Waals surface area contributed by atoms with Gasteiger partial charge in [0.15, 0.2) is 0 Å². The highest BCUT2D eigenvalue weighted by Gasteiger charge is 2.23. The highest BCUT2D eigenvalue weighted by atomic mass is 32.2. The monoisotopic (exact) mass is 404 g/mol. The van der Waals surface area contributed by atoms with Crippen LogP contribution in [0.15, 0.2) is 48.5 Å². The lowest BCUT2D eigenvalue weighted by Gasteiger charge is -2.30. The number of amides is 1. The molecule has 1 aliphatic rings. The number of sulfonamides is 1. The van der Waals surface area contributed by atoms with E-state index in [1.165, 1.54) is 18.2 Å². The molecule has 1 saturated heterocycles. The first kappa shape index (κ1) is 20.3. The Kier molecular flexibility index (Phi) is 6.03. The van der Waals surface area contributed by atoms with Gasteiger partial charge in [-0.15, -0.1) is 0 Å². The van der Waals surface area contributed by atoms with Crippen LogP contribution < -0.4 is 4.31 Å². The smallest absolute Gasteiger partial charge is 0.253 e. The van der Waals surface area contributed by atoms with Crippen molar-refractivity contribution in [1.29, 1.82) is 0 Å². The van der Waals surface area contributed by atoms with Crippen LogP contribution in [0.25, 0.3) is 0 Å². The van der Waals surface area contributed by atoms with Crippen molar-refractivity contribution in [2.75, 3.05) is 23.7 Å².